The molecule has 6 heteroatoms. The standard InChI is InChI=1S/C19H28N2O4/c1-6-19(7-2,18(24)25)11-16(22)21-14-9-8-13(5)15(10-14)17(23)20-12(3)4/h8-10,12H,6-7,11H2,1-5H3,(H,20,23)(H,21,22)(H,24,25). The highest BCUT2D eigenvalue weighted by Gasteiger charge is 2.37. The number of rotatable bonds is 8. The van der Waals surface area contributed by atoms with Gasteiger partial charge in [-0.2, -0.15) is 0 Å². The highest BCUT2D eigenvalue weighted by molar-refractivity contribution is 5.99. The summed E-state index contributed by atoms with van der Waals surface area (Å²) in [6.07, 6.45) is 0.654. The van der Waals surface area contributed by atoms with Crippen LogP contribution in [-0.4, -0.2) is 28.9 Å². The van der Waals surface area contributed by atoms with Crippen LogP contribution in [0.15, 0.2) is 18.2 Å². The van der Waals surface area contributed by atoms with Crippen molar-refractivity contribution in [3.8, 4) is 0 Å². The van der Waals surface area contributed by atoms with Crippen LogP contribution in [-0.2, 0) is 9.59 Å². The molecule has 6 nitrogen and oxygen atoms in total. The largest absolute Gasteiger partial charge is 0.481 e. The number of hydrogen-bond donors (Lipinski definition) is 3. The van der Waals surface area contributed by atoms with E-state index in [0.717, 1.165) is 5.56 Å². The zero-order valence-electron chi connectivity index (χ0n) is 15.6. The van der Waals surface area contributed by atoms with Gasteiger partial charge in [-0.3, -0.25) is 14.4 Å². The molecule has 0 aromatic heterocycles. The van der Waals surface area contributed by atoms with Crippen molar-refractivity contribution in [3.05, 3.63) is 29.3 Å². The maximum absolute atomic E-state index is 12.3. The van der Waals surface area contributed by atoms with E-state index >= 15 is 0 Å². The van der Waals surface area contributed by atoms with E-state index in [1.165, 1.54) is 0 Å². The first-order valence-electron chi connectivity index (χ1n) is 8.60. The Bertz CT molecular complexity index is 649. The fourth-order valence-corrected chi connectivity index (χ4v) is 2.67. The molecule has 3 N–H and O–H groups in total. The quantitative estimate of drug-likeness (QED) is 0.671. The van der Waals surface area contributed by atoms with Crippen LogP contribution in [0.3, 0.4) is 0 Å². The number of anilines is 1. The summed E-state index contributed by atoms with van der Waals surface area (Å²) in [5, 5.41) is 15.0. The molecule has 1 rings (SSSR count). The lowest BCUT2D eigenvalue weighted by Crippen LogP contribution is -2.34. The Morgan fingerprint density at radius 2 is 1.76 bits per heavy atom. The Morgan fingerprint density at radius 1 is 1.16 bits per heavy atom. The van der Waals surface area contributed by atoms with Crippen molar-refractivity contribution in [1.82, 2.24) is 5.32 Å². The Balaban J connectivity index is 2.94. The number of benzene rings is 1. The maximum atomic E-state index is 12.3. The lowest BCUT2D eigenvalue weighted by molar-refractivity contribution is -0.151. The van der Waals surface area contributed by atoms with Gasteiger partial charge >= 0.3 is 5.97 Å². The number of amides is 2. The van der Waals surface area contributed by atoms with Crippen LogP contribution in [0.25, 0.3) is 0 Å². The van der Waals surface area contributed by atoms with E-state index in [0.29, 0.717) is 24.1 Å². The molecule has 0 atom stereocenters. The number of hydrogen-bond acceptors (Lipinski definition) is 3. The summed E-state index contributed by atoms with van der Waals surface area (Å²) in [5.41, 5.74) is 0.711. The maximum Gasteiger partial charge on any atom is 0.310 e. The number of carboxylic acids is 1. The smallest absolute Gasteiger partial charge is 0.310 e. The molecule has 0 radical (unpaired) electrons. The predicted molar refractivity (Wildman–Crippen MR) is 97.7 cm³/mol. The van der Waals surface area contributed by atoms with E-state index in [-0.39, 0.29) is 24.3 Å². The predicted octanol–water partition coefficient (Wildman–Crippen LogP) is 3.35. The summed E-state index contributed by atoms with van der Waals surface area (Å²) in [6, 6.07) is 5.09. The minimum absolute atomic E-state index is 0.00967. The summed E-state index contributed by atoms with van der Waals surface area (Å²) < 4.78 is 0. The van der Waals surface area contributed by atoms with Crippen LogP contribution in [0.2, 0.25) is 0 Å². The molecule has 1 aromatic carbocycles. The van der Waals surface area contributed by atoms with E-state index < -0.39 is 11.4 Å². The van der Waals surface area contributed by atoms with Gasteiger partial charge in [-0.1, -0.05) is 19.9 Å². The van der Waals surface area contributed by atoms with Gasteiger partial charge in [-0.15, -0.1) is 0 Å². The van der Waals surface area contributed by atoms with Crippen molar-refractivity contribution in [2.45, 2.75) is 59.9 Å². The zero-order valence-corrected chi connectivity index (χ0v) is 15.6. The molecule has 1 aromatic rings. The lowest BCUT2D eigenvalue weighted by Gasteiger charge is -2.25. The molecule has 0 aliphatic rings. The monoisotopic (exact) mass is 348 g/mol. The van der Waals surface area contributed by atoms with E-state index in [2.05, 4.69) is 10.6 Å². The van der Waals surface area contributed by atoms with E-state index in [1.807, 2.05) is 20.8 Å². The number of aryl methyl sites for hydroxylation is 1. The van der Waals surface area contributed by atoms with Crippen molar-refractivity contribution >= 4 is 23.5 Å². The summed E-state index contributed by atoms with van der Waals surface area (Å²) >= 11 is 0. The summed E-state index contributed by atoms with van der Waals surface area (Å²) in [5.74, 6) is -1.54. The Morgan fingerprint density at radius 3 is 2.24 bits per heavy atom. The molecule has 138 valence electrons. The third-order valence-corrected chi connectivity index (χ3v) is 4.49. The topological polar surface area (TPSA) is 95.5 Å². The van der Waals surface area contributed by atoms with Gasteiger partial charge in [0.25, 0.3) is 5.91 Å². The number of nitrogens with one attached hydrogen (secondary N) is 2. The van der Waals surface area contributed by atoms with Crippen molar-refractivity contribution < 1.29 is 19.5 Å². The van der Waals surface area contributed by atoms with Gasteiger partial charge in [-0.25, -0.2) is 0 Å². The van der Waals surface area contributed by atoms with Gasteiger partial charge in [-0.05, 0) is 51.3 Å². The Kier molecular flexibility index (Phi) is 7.15. The Hall–Kier alpha value is -2.37. The first-order chi connectivity index (χ1) is 11.6. The first-order valence-corrected chi connectivity index (χ1v) is 8.60. The van der Waals surface area contributed by atoms with E-state index in [9.17, 15) is 19.5 Å². The molecule has 0 saturated heterocycles. The fourth-order valence-electron chi connectivity index (χ4n) is 2.67. The average Bonchev–Trinajstić information content (AvgIpc) is 2.53. The van der Waals surface area contributed by atoms with Crippen LogP contribution >= 0.6 is 0 Å². The molecule has 2 amide bonds. The number of carbonyl (C=O) groups is 3. The second kappa shape index (κ2) is 8.65. The first kappa shape index (κ1) is 20.7. The molecule has 0 spiro atoms. The average molecular weight is 348 g/mol. The summed E-state index contributed by atoms with van der Waals surface area (Å²) in [6.45, 7) is 9.11. The highest BCUT2D eigenvalue weighted by atomic mass is 16.4. The van der Waals surface area contributed by atoms with Crippen LogP contribution in [0.4, 0.5) is 5.69 Å². The molecular formula is C19H28N2O4. The van der Waals surface area contributed by atoms with Gasteiger partial charge in [0.1, 0.15) is 0 Å². The molecule has 0 heterocycles. The van der Waals surface area contributed by atoms with Crippen LogP contribution in [0.1, 0.15) is 62.9 Å². The number of carboxylic acid groups (broad SMARTS) is 1. The second-order valence-electron chi connectivity index (χ2n) is 6.68. The van der Waals surface area contributed by atoms with Crippen LogP contribution in [0.5, 0.6) is 0 Å². The summed E-state index contributed by atoms with van der Waals surface area (Å²) in [4.78, 5) is 36.1. The van der Waals surface area contributed by atoms with Crippen molar-refractivity contribution in [2.75, 3.05) is 5.32 Å². The molecule has 0 aliphatic carbocycles. The fraction of sp³-hybridized carbons (Fsp3) is 0.526. The third-order valence-electron chi connectivity index (χ3n) is 4.49. The number of carbonyl (C=O) groups excluding carboxylic acids is 2. The SMILES string of the molecule is CCC(CC)(CC(=O)Nc1ccc(C)c(C(=O)NC(C)C)c1)C(=O)O. The van der Waals surface area contributed by atoms with Crippen molar-refractivity contribution in [2.24, 2.45) is 5.41 Å². The van der Waals surface area contributed by atoms with E-state index in [1.54, 1.807) is 32.0 Å². The van der Waals surface area contributed by atoms with Gasteiger partial charge in [0.15, 0.2) is 0 Å². The highest BCUT2D eigenvalue weighted by Crippen LogP contribution is 2.31. The van der Waals surface area contributed by atoms with Crippen molar-refractivity contribution in [3.63, 3.8) is 0 Å². The molecule has 0 bridgehead atoms. The van der Waals surface area contributed by atoms with E-state index in [4.69, 9.17) is 0 Å². The van der Waals surface area contributed by atoms with Crippen LogP contribution in [0, 0.1) is 12.3 Å². The number of aliphatic carboxylic acids is 1. The lowest BCUT2D eigenvalue weighted by atomic mass is 9.79. The molecular weight excluding hydrogens is 320 g/mol. The van der Waals surface area contributed by atoms with Gasteiger partial charge in [0, 0.05) is 23.7 Å². The molecule has 0 saturated carbocycles. The molecule has 0 aliphatic heterocycles. The third kappa shape index (κ3) is 5.31. The Labute approximate surface area is 149 Å². The molecule has 0 unspecified atom stereocenters. The molecule has 0 fully saturated rings. The van der Waals surface area contributed by atoms with Gasteiger partial charge < -0.3 is 15.7 Å². The normalized spacial score (nSPS) is 11.3. The summed E-state index contributed by atoms with van der Waals surface area (Å²) in [7, 11) is 0. The molecule has 25 heavy (non-hydrogen) atoms. The zero-order chi connectivity index (χ0) is 19.2. The van der Waals surface area contributed by atoms with Gasteiger partial charge in [0.2, 0.25) is 5.91 Å². The van der Waals surface area contributed by atoms with Crippen LogP contribution < -0.4 is 10.6 Å². The minimum atomic E-state index is -1.06. The van der Waals surface area contributed by atoms with Gasteiger partial charge in [0.05, 0.1) is 5.41 Å². The minimum Gasteiger partial charge on any atom is -0.481 e. The van der Waals surface area contributed by atoms with Crippen molar-refractivity contribution in [1.29, 1.82) is 0 Å². The second-order valence-corrected chi connectivity index (χ2v) is 6.68.